The van der Waals surface area contributed by atoms with Gasteiger partial charge in [-0.05, 0) is 0 Å². The van der Waals surface area contributed by atoms with Gasteiger partial charge in [0.2, 0.25) is 0 Å². The Morgan fingerprint density at radius 3 is 0.462 bits per heavy atom. The van der Waals surface area contributed by atoms with Crippen LogP contribution >= 0.6 is 0 Å². The van der Waals surface area contributed by atoms with Crippen molar-refractivity contribution < 1.29 is 46.6 Å². The standard InChI is InChI=1S/5C4H9O.Mo/c5*1-2-3-4-5;/h5*2-4H2,1H3;/q5*-1;. The molecule has 0 aromatic heterocycles. The van der Waals surface area contributed by atoms with E-state index in [1.807, 2.05) is 34.6 Å². The van der Waals surface area contributed by atoms with Crippen LogP contribution in [-0.2, 0) is 21.1 Å². The summed E-state index contributed by atoms with van der Waals surface area (Å²) in [5, 5.41) is 47.6. The van der Waals surface area contributed by atoms with Crippen molar-refractivity contribution in [3.8, 4) is 0 Å². The van der Waals surface area contributed by atoms with Gasteiger partial charge in [0.25, 0.3) is 0 Å². The molecule has 6 heteroatoms. The van der Waals surface area contributed by atoms with Crippen molar-refractivity contribution in [2.45, 2.75) is 98.8 Å². The minimum absolute atomic E-state index is 0. The molecule has 0 aliphatic rings. The number of rotatable bonds is 10. The van der Waals surface area contributed by atoms with Crippen molar-refractivity contribution in [3.05, 3.63) is 0 Å². The molecule has 0 fully saturated rings. The predicted octanol–water partition coefficient (Wildman–Crippen LogP) is 0.732. The van der Waals surface area contributed by atoms with Gasteiger partial charge in [-0.2, -0.15) is 0 Å². The largest absolute Gasteiger partial charge is 0.854 e. The molecule has 0 radical (unpaired) electrons. The van der Waals surface area contributed by atoms with E-state index < -0.39 is 0 Å². The molecule has 0 rings (SSSR count). The maximum atomic E-state index is 9.53. The Kier molecular flexibility index (Phi) is 100. The van der Waals surface area contributed by atoms with E-state index in [0.717, 1.165) is 64.2 Å². The summed E-state index contributed by atoms with van der Waals surface area (Å²) in [6.07, 6.45) is 9.32. The molecule has 5 nitrogen and oxygen atoms in total. The van der Waals surface area contributed by atoms with E-state index in [4.69, 9.17) is 0 Å². The Hall–Kier alpha value is 0.488. The van der Waals surface area contributed by atoms with Gasteiger partial charge in [-0.15, -0.1) is 33.0 Å². The monoisotopic (exact) mass is 463 g/mol. The van der Waals surface area contributed by atoms with Gasteiger partial charge in [0.05, 0.1) is 0 Å². The summed E-state index contributed by atoms with van der Waals surface area (Å²) in [5.41, 5.74) is 0. The maximum absolute atomic E-state index is 9.53. The van der Waals surface area contributed by atoms with Gasteiger partial charge in [-0.1, -0.05) is 98.8 Å². The molecule has 0 saturated heterocycles. The van der Waals surface area contributed by atoms with Crippen LogP contribution < -0.4 is 25.5 Å². The van der Waals surface area contributed by atoms with Crippen LogP contribution in [-0.4, -0.2) is 33.0 Å². The van der Waals surface area contributed by atoms with E-state index >= 15 is 0 Å². The van der Waals surface area contributed by atoms with Gasteiger partial charge in [0.15, 0.2) is 0 Å². The number of hydrogen-bond donors (Lipinski definition) is 0. The molecule has 0 N–H and O–H groups in total. The fraction of sp³-hybridized carbons (Fsp3) is 1.00. The van der Waals surface area contributed by atoms with E-state index in [9.17, 15) is 25.5 Å². The molecule has 0 amide bonds. The van der Waals surface area contributed by atoms with E-state index in [0.29, 0.717) is 0 Å². The zero-order chi connectivity index (χ0) is 20.6. The first-order chi connectivity index (χ1) is 12.1. The van der Waals surface area contributed by atoms with E-state index in [-0.39, 0.29) is 54.1 Å². The molecule has 0 atom stereocenters. The van der Waals surface area contributed by atoms with Crippen LogP contribution in [0.1, 0.15) is 98.8 Å². The van der Waals surface area contributed by atoms with Crippen molar-refractivity contribution in [3.63, 3.8) is 0 Å². The number of hydrogen-bond acceptors (Lipinski definition) is 5. The molecule has 0 heterocycles. The van der Waals surface area contributed by atoms with E-state index in [1.165, 1.54) is 0 Å². The van der Waals surface area contributed by atoms with Crippen LogP contribution in [0.4, 0.5) is 0 Å². The molecule has 0 aromatic rings. The summed E-state index contributed by atoms with van der Waals surface area (Å²) >= 11 is 0. The normalized spacial score (nSPS) is 8.08. The Balaban J connectivity index is -0.0000000476. The first kappa shape index (κ1) is 41.0. The molecule has 0 bridgehead atoms. The van der Waals surface area contributed by atoms with E-state index in [2.05, 4.69) is 0 Å². The predicted molar refractivity (Wildman–Crippen MR) is 98.9 cm³/mol. The minimum atomic E-state index is 0. The zero-order valence-electron chi connectivity index (χ0n) is 18.1. The van der Waals surface area contributed by atoms with E-state index in [1.54, 1.807) is 0 Å². The van der Waals surface area contributed by atoms with Crippen molar-refractivity contribution >= 4 is 0 Å². The minimum Gasteiger partial charge on any atom is -0.854 e. The molecule has 0 aliphatic heterocycles. The molecular weight excluding hydrogens is 416 g/mol. The Labute approximate surface area is 178 Å². The Bertz CT molecular complexity index is 96.5. The zero-order valence-corrected chi connectivity index (χ0v) is 20.1. The molecule has 166 valence electrons. The van der Waals surface area contributed by atoms with Crippen LogP contribution in [0.25, 0.3) is 0 Å². The average Bonchev–Trinajstić information content (AvgIpc) is 2.61. The van der Waals surface area contributed by atoms with Crippen LogP contribution in [0.5, 0.6) is 0 Å². The van der Waals surface area contributed by atoms with Crippen LogP contribution in [0, 0.1) is 0 Å². The summed E-state index contributed by atoms with van der Waals surface area (Å²) < 4.78 is 0. The van der Waals surface area contributed by atoms with Crippen LogP contribution in [0.3, 0.4) is 0 Å². The van der Waals surface area contributed by atoms with Gasteiger partial charge in [0.1, 0.15) is 0 Å². The summed E-state index contributed by atoms with van der Waals surface area (Å²) in [4.78, 5) is 0. The van der Waals surface area contributed by atoms with Crippen molar-refractivity contribution in [2.75, 3.05) is 33.0 Å². The first-order valence-electron chi connectivity index (χ1n) is 9.98. The third-order valence-corrected chi connectivity index (χ3v) is 2.49. The smallest absolute Gasteiger partial charge is 0 e. The topological polar surface area (TPSA) is 115 Å². The molecule has 26 heavy (non-hydrogen) atoms. The molecule has 0 aromatic carbocycles. The van der Waals surface area contributed by atoms with Gasteiger partial charge >= 0.3 is 0 Å². The molecule has 0 unspecified atom stereocenters. The summed E-state index contributed by atoms with van der Waals surface area (Å²) in [7, 11) is 0. The van der Waals surface area contributed by atoms with Crippen LogP contribution in [0.15, 0.2) is 0 Å². The van der Waals surface area contributed by atoms with Gasteiger partial charge in [0, 0.05) is 21.1 Å². The second-order valence-electron chi connectivity index (χ2n) is 5.29. The van der Waals surface area contributed by atoms with Crippen molar-refractivity contribution in [1.82, 2.24) is 0 Å². The van der Waals surface area contributed by atoms with Gasteiger partial charge < -0.3 is 25.5 Å². The summed E-state index contributed by atoms with van der Waals surface area (Å²) in [6.45, 7) is 10.5. The fourth-order valence-electron chi connectivity index (χ4n) is 0.722. The van der Waals surface area contributed by atoms with Crippen molar-refractivity contribution in [2.24, 2.45) is 0 Å². The van der Waals surface area contributed by atoms with Crippen molar-refractivity contribution in [1.29, 1.82) is 0 Å². The Morgan fingerprint density at radius 1 is 0.346 bits per heavy atom. The SMILES string of the molecule is CCCC[O-].CCCC[O-].CCCC[O-].CCCC[O-].CCCC[O-].[Mo]. The Morgan fingerprint density at radius 2 is 0.462 bits per heavy atom. The maximum Gasteiger partial charge on any atom is 0 e. The quantitative estimate of drug-likeness (QED) is 0.445. The average molecular weight is 462 g/mol. The second-order valence-corrected chi connectivity index (χ2v) is 5.29. The molecule has 0 saturated carbocycles. The van der Waals surface area contributed by atoms with Gasteiger partial charge in [-0.3, -0.25) is 0 Å². The van der Waals surface area contributed by atoms with Crippen LogP contribution in [0.2, 0.25) is 0 Å². The molecule has 0 aliphatic carbocycles. The second kappa shape index (κ2) is 63.7. The molecular formula is C20H45MoO5-5. The van der Waals surface area contributed by atoms with Gasteiger partial charge in [-0.25, -0.2) is 0 Å². The number of unbranched alkanes of at least 4 members (excludes halogenated alkanes) is 5. The fourth-order valence-corrected chi connectivity index (χ4v) is 0.722. The summed E-state index contributed by atoms with van der Waals surface area (Å²) in [5.74, 6) is 0. The first-order valence-corrected chi connectivity index (χ1v) is 9.98. The third-order valence-electron chi connectivity index (χ3n) is 2.49. The summed E-state index contributed by atoms with van der Waals surface area (Å²) in [6, 6.07) is 0. The molecule has 0 spiro atoms. The third kappa shape index (κ3) is 123.